The number of ether oxygens (including phenoxy) is 2. The molecule has 1 aromatic rings. The molecular formula is C19H29N3O4S. The summed E-state index contributed by atoms with van der Waals surface area (Å²) in [5, 5.41) is 5.36. The van der Waals surface area contributed by atoms with Gasteiger partial charge in [-0.05, 0) is 45.6 Å². The molecule has 0 fully saturated rings. The highest BCUT2D eigenvalue weighted by Crippen LogP contribution is 2.07. The number of alkyl carbamates (subject to hydrolysis) is 2. The number of rotatable bonds is 9. The number of hydrogen-bond acceptors (Lipinski definition) is 5. The predicted octanol–water partition coefficient (Wildman–Crippen LogP) is 3.26. The van der Waals surface area contributed by atoms with Crippen molar-refractivity contribution >= 4 is 29.4 Å². The number of unbranched alkanes of at least 4 members (excludes halogenated alkanes) is 1. The molecule has 0 bridgehead atoms. The Hall–Kier alpha value is -2.35. The molecule has 0 saturated carbocycles. The SMILES string of the molecule is CC(C)(C)OC(=O)NCCCCC(NC(=O)OCc1ccccc1)C(N)=S. The van der Waals surface area contributed by atoms with Gasteiger partial charge in [0.2, 0.25) is 0 Å². The Kier molecular flexibility index (Phi) is 9.56. The lowest BCUT2D eigenvalue weighted by molar-refractivity contribution is 0.0527. The minimum Gasteiger partial charge on any atom is -0.445 e. The van der Waals surface area contributed by atoms with Crippen molar-refractivity contribution in [3.8, 4) is 0 Å². The molecule has 1 rings (SSSR count). The van der Waals surface area contributed by atoms with Gasteiger partial charge in [0, 0.05) is 6.54 Å². The van der Waals surface area contributed by atoms with Crippen molar-refractivity contribution in [1.82, 2.24) is 10.6 Å². The van der Waals surface area contributed by atoms with E-state index in [9.17, 15) is 9.59 Å². The van der Waals surface area contributed by atoms with Gasteiger partial charge in [-0.15, -0.1) is 0 Å². The third kappa shape index (κ3) is 11.1. The highest BCUT2D eigenvalue weighted by atomic mass is 32.1. The van der Waals surface area contributed by atoms with Crippen LogP contribution in [0.25, 0.3) is 0 Å². The van der Waals surface area contributed by atoms with E-state index in [1.807, 2.05) is 51.1 Å². The molecule has 0 heterocycles. The fraction of sp³-hybridized carbons (Fsp3) is 0.526. The van der Waals surface area contributed by atoms with Crippen LogP contribution < -0.4 is 16.4 Å². The Morgan fingerprint density at radius 3 is 2.41 bits per heavy atom. The molecule has 8 heteroatoms. The van der Waals surface area contributed by atoms with Crippen molar-refractivity contribution in [2.24, 2.45) is 5.73 Å². The molecule has 27 heavy (non-hydrogen) atoms. The van der Waals surface area contributed by atoms with E-state index in [2.05, 4.69) is 10.6 Å². The molecule has 1 unspecified atom stereocenters. The zero-order chi connectivity index (χ0) is 20.3. The average Bonchev–Trinajstić information content (AvgIpc) is 2.57. The second-order valence-corrected chi connectivity index (χ2v) is 7.56. The fourth-order valence-corrected chi connectivity index (χ4v) is 2.35. The number of carbonyl (C=O) groups excluding carboxylic acids is 2. The van der Waals surface area contributed by atoms with Gasteiger partial charge >= 0.3 is 12.2 Å². The Balaban J connectivity index is 2.26. The highest BCUT2D eigenvalue weighted by molar-refractivity contribution is 7.80. The molecule has 4 N–H and O–H groups in total. The minimum atomic E-state index is -0.566. The maximum atomic E-state index is 11.9. The minimum absolute atomic E-state index is 0.177. The topological polar surface area (TPSA) is 103 Å². The standard InChI is InChI=1S/C19H29N3O4S/c1-19(2,3)26-17(23)21-12-8-7-11-15(16(20)27)22-18(24)25-13-14-9-5-4-6-10-14/h4-6,9-10,15H,7-8,11-13H2,1-3H3,(H2,20,27)(H,21,23)(H,22,24). The molecule has 0 spiro atoms. The number of thiocarbonyl (C=S) groups is 1. The highest BCUT2D eigenvalue weighted by Gasteiger charge is 2.17. The largest absolute Gasteiger partial charge is 0.445 e. The predicted molar refractivity (Wildman–Crippen MR) is 108 cm³/mol. The first-order valence-corrected chi connectivity index (χ1v) is 9.31. The summed E-state index contributed by atoms with van der Waals surface area (Å²) in [6.45, 7) is 6.07. The van der Waals surface area contributed by atoms with Gasteiger partial charge in [-0.1, -0.05) is 42.5 Å². The van der Waals surface area contributed by atoms with Crippen LogP contribution in [0.4, 0.5) is 9.59 Å². The molecule has 0 aromatic heterocycles. The number of hydrogen-bond donors (Lipinski definition) is 3. The fourth-order valence-electron chi connectivity index (χ4n) is 2.17. The summed E-state index contributed by atoms with van der Waals surface area (Å²) in [5.41, 5.74) is 6.07. The molecule has 2 amide bonds. The normalized spacial score (nSPS) is 12.0. The number of benzene rings is 1. The van der Waals surface area contributed by atoms with Crippen molar-refractivity contribution in [3.63, 3.8) is 0 Å². The van der Waals surface area contributed by atoms with Crippen LogP contribution in [-0.4, -0.2) is 35.4 Å². The zero-order valence-electron chi connectivity index (χ0n) is 16.1. The van der Waals surface area contributed by atoms with Crippen LogP contribution in [0.2, 0.25) is 0 Å². The lowest BCUT2D eigenvalue weighted by Gasteiger charge is -2.20. The number of nitrogens with one attached hydrogen (secondary N) is 2. The molecule has 7 nitrogen and oxygen atoms in total. The Morgan fingerprint density at radius 2 is 1.81 bits per heavy atom. The second kappa shape index (κ2) is 11.4. The molecule has 1 atom stereocenters. The van der Waals surface area contributed by atoms with Crippen molar-refractivity contribution in [1.29, 1.82) is 0 Å². The van der Waals surface area contributed by atoms with Gasteiger partial charge in [0.15, 0.2) is 0 Å². The summed E-state index contributed by atoms with van der Waals surface area (Å²) in [5.74, 6) is 0. The third-order valence-electron chi connectivity index (χ3n) is 3.44. The molecular weight excluding hydrogens is 366 g/mol. The summed E-state index contributed by atoms with van der Waals surface area (Å²) < 4.78 is 10.3. The van der Waals surface area contributed by atoms with Crippen molar-refractivity contribution < 1.29 is 19.1 Å². The summed E-state index contributed by atoms with van der Waals surface area (Å²) in [4.78, 5) is 23.7. The van der Waals surface area contributed by atoms with E-state index in [0.717, 1.165) is 12.0 Å². The summed E-state index contributed by atoms with van der Waals surface area (Å²) in [7, 11) is 0. The van der Waals surface area contributed by atoms with Crippen molar-refractivity contribution in [2.45, 2.75) is 58.3 Å². The van der Waals surface area contributed by atoms with E-state index in [4.69, 9.17) is 27.4 Å². The maximum Gasteiger partial charge on any atom is 0.408 e. The summed E-state index contributed by atoms with van der Waals surface area (Å²) in [6.07, 6.45) is 0.973. The van der Waals surface area contributed by atoms with E-state index >= 15 is 0 Å². The molecule has 1 aromatic carbocycles. The van der Waals surface area contributed by atoms with Crippen LogP contribution in [0.15, 0.2) is 30.3 Å². The average molecular weight is 396 g/mol. The summed E-state index contributed by atoms with van der Waals surface area (Å²) >= 11 is 5.01. The molecule has 0 radical (unpaired) electrons. The van der Waals surface area contributed by atoms with Crippen LogP contribution in [0.5, 0.6) is 0 Å². The van der Waals surface area contributed by atoms with E-state index in [-0.39, 0.29) is 11.6 Å². The van der Waals surface area contributed by atoms with Gasteiger partial charge in [0.05, 0.1) is 11.0 Å². The van der Waals surface area contributed by atoms with Gasteiger partial charge in [0.1, 0.15) is 12.2 Å². The zero-order valence-corrected chi connectivity index (χ0v) is 16.9. The van der Waals surface area contributed by atoms with E-state index in [0.29, 0.717) is 19.4 Å². The van der Waals surface area contributed by atoms with E-state index in [1.54, 1.807) is 0 Å². The Bertz CT molecular complexity index is 617. The van der Waals surface area contributed by atoms with Gasteiger partial charge < -0.3 is 25.8 Å². The van der Waals surface area contributed by atoms with E-state index < -0.39 is 23.8 Å². The first-order valence-electron chi connectivity index (χ1n) is 8.91. The van der Waals surface area contributed by atoms with Crippen LogP contribution in [0.3, 0.4) is 0 Å². The molecule has 0 saturated heterocycles. The van der Waals surface area contributed by atoms with E-state index in [1.165, 1.54) is 0 Å². The maximum absolute atomic E-state index is 11.9. The molecule has 0 aliphatic rings. The van der Waals surface area contributed by atoms with Gasteiger partial charge in [-0.2, -0.15) is 0 Å². The van der Waals surface area contributed by atoms with Crippen LogP contribution in [-0.2, 0) is 16.1 Å². The first-order chi connectivity index (χ1) is 12.7. The van der Waals surface area contributed by atoms with Crippen LogP contribution >= 0.6 is 12.2 Å². The molecule has 0 aliphatic heterocycles. The first kappa shape index (κ1) is 22.7. The van der Waals surface area contributed by atoms with Crippen LogP contribution in [0, 0.1) is 0 Å². The van der Waals surface area contributed by atoms with Crippen molar-refractivity contribution in [2.75, 3.05) is 6.54 Å². The van der Waals surface area contributed by atoms with Gasteiger partial charge in [-0.3, -0.25) is 0 Å². The molecule has 150 valence electrons. The monoisotopic (exact) mass is 395 g/mol. The number of carbonyl (C=O) groups is 2. The lowest BCUT2D eigenvalue weighted by Crippen LogP contribution is -2.43. The van der Waals surface area contributed by atoms with Gasteiger partial charge in [0.25, 0.3) is 0 Å². The third-order valence-corrected chi connectivity index (χ3v) is 3.72. The van der Waals surface area contributed by atoms with Gasteiger partial charge in [-0.25, -0.2) is 9.59 Å². The van der Waals surface area contributed by atoms with Crippen molar-refractivity contribution in [3.05, 3.63) is 35.9 Å². The Morgan fingerprint density at radius 1 is 1.15 bits per heavy atom. The second-order valence-electron chi connectivity index (χ2n) is 7.09. The lowest BCUT2D eigenvalue weighted by atomic mass is 10.1. The smallest absolute Gasteiger partial charge is 0.408 e. The number of nitrogens with two attached hydrogens (primary N) is 1. The number of amides is 2. The summed E-state index contributed by atoms with van der Waals surface area (Å²) in [6, 6.07) is 8.93. The Labute approximate surface area is 166 Å². The van der Waals surface area contributed by atoms with Crippen LogP contribution in [0.1, 0.15) is 45.6 Å². The molecule has 0 aliphatic carbocycles. The quantitative estimate of drug-likeness (QED) is 0.438.